The molecule has 0 aromatic carbocycles. The lowest BCUT2D eigenvalue weighted by Crippen LogP contribution is -2.33. The van der Waals surface area contributed by atoms with Crippen molar-refractivity contribution in [2.75, 3.05) is 11.9 Å². The summed E-state index contributed by atoms with van der Waals surface area (Å²) >= 11 is 0. The van der Waals surface area contributed by atoms with Crippen molar-refractivity contribution in [1.29, 1.82) is 0 Å². The third-order valence-corrected chi connectivity index (χ3v) is 5.45. The number of hydrogen-bond donors (Lipinski definition) is 6. The monoisotopic (exact) mass is 475 g/mol. The molecule has 32 heavy (non-hydrogen) atoms. The number of carbonyl (C=O) groups excluding carboxylic acids is 1. The molecule has 1 aliphatic heterocycles. The number of aliphatic hydroxyl groups excluding tert-OH is 2. The van der Waals surface area contributed by atoms with Crippen LogP contribution in [0.25, 0.3) is 11.2 Å². The molecule has 15 heteroatoms. The molecule has 0 saturated carbocycles. The zero-order valence-corrected chi connectivity index (χ0v) is 18.1. The first-order chi connectivity index (χ1) is 15.1. The van der Waals surface area contributed by atoms with Gasteiger partial charge >= 0.3 is 7.82 Å². The fourth-order valence-electron chi connectivity index (χ4n) is 3.35. The SMILES string of the molecule is CCCCCCC(=O)Nc1nc2c(ncn2[C@@H]2O[C@H](COP(=O)(O)O)[C@@H](O)[C@H]2O)c(=O)[nH]1. The highest BCUT2D eigenvalue weighted by Crippen LogP contribution is 2.38. The minimum absolute atomic E-state index is 0.0251. The minimum atomic E-state index is -4.81. The first kappa shape index (κ1) is 24.5. The number of anilines is 1. The van der Waals surface area contributed by atoms with E-state index in [4.69, 9.17) is 14.5 Å². The number of nitrogens with zero attached hydrogens (tertiary/aromatic N) is 3. The third kappa shape index (κ3) is 5.78. The van der Waals surface area contributed by atoms with E-state index in [0.29, 0.717) is 6.42 Å². The molecule has 14 nitrogen and oxygen atoms in total. The molecule has 0 aliphatic carbocycles. The van der Waals surface area contributed by atoms with Crippen LogP contribution in [0.4, 0.5) is 5.95 Å². The highest BCUT2D eigenvalue weighted by Gasteiger charge is 2.45. The van der Waals surface area contributed by atoms with E-state index in [-0.39, 0.29) is 29.4 Å². The molecule has 0 spiro atoms. The molecule has 2 aromatic heterocycles. The van der Waals surface area contributed by atoms with Crippen LogP contribution in [-0.4, -0.2) is 70.3 Å². The minimum Gasteiger partial charge on any atom is -0.387 e. The molecule has 3 heterocycles. The van der Waals surface area contributed by atoms with E-state index in [1.54, 1.807) is 0 Å². The molecule has 1 amide bonds. The quantitative estimate of drug-likeness (QED) is 0.195. The zero-order chi connectivity index (χ0) is 23.5. The van der Waals surface area contributed by atoms with E-state index in [2.05, 4.69) is 31.7 Å². The van der Waals surface area contributed by atoms with Gasteiger partial charge in [-0.1, -0.05) is 26.2 Å². The Morgan fingerprint density at radius 1 is 1.31 bits per heavy atom. The lowest BCUT2D eigenvalue weighted by Gasteiger charge is -2.16. The van der Waals surface area contributed by atoms with E-state index in [1.165, 1.54) is 4.57 Å². The largest absolute Gasteiger partial charge is 0.469 e. The predicted octanol–water partition coefficient (Wildman–Crippen LogP) is -0.243. The third-order valence-electron chi connectivity index (χ3n) is 4.97. The number of H-pyrrole nitrogens is 1. The Bertz CT molecular complexity index is 1050. The number of amides is 1. The number of imidazole rings is 1. The summed E-state index contributed by atoms with van der Waals surface area (Å²) in [4.78, 5) is 52.7. The fourth-order valence-corrected chi connectivity index (χ4v) is 3.69. The number of carbonyl (C=O) groups is 1. The molecule has 3 rings (SSSR count). The number of hydrogen-bond acceptors (Lipinski definition) is 9. The van der Waals surface area contributed by atoms with Crippen LogP contribution < -0.4 is 10.9 Å². The molecule has 0 unspecified atom stereocenters. The van der Waals surface area contributed by atoms with Gasteiger partial charge in [0.25, 0.3) is 5.56 Å². The maximum Gasteiger partial charge on any atom is 0.469 e. The number of aromatic amines is 1. The summed E-state index contributed by atoms with van der Waals surface area (Å²) in [5.74, 6) is -0.434. The van der Waals surface area contributed by atoms with E-state index >= 15 is 0 Å². The Hall–Kier alpha value is -2.19. The zero-order valence-electron chi connectivity index (χ0n) is 17.2. The number of rotatable bonds is 10. The number of ether oxygens (including phenoxy) is 1. The Balaban J connectivity index is 1.78. The fraction of sp³-hybridized carbons (Fsp3) is 0.647. The summed E-state index contributed by atoms with van der Waals surface area (Å²) < 4.78 is 21.9. The molecule has 0 radical (unpaired) electrons. The maximum atomic E-state index is 12.3. The Labute approximate surface area is 181 Å². The first-order valence-electron chi connectivity index (χ1n) is 10.1. The van der Waals surface area contributed by atoms with Crippen LogP contribution in [0.1, 0.15) is 45.3 Å². The molecule has 1 saturated heterocycles. The second-order valence-electron chi connectivity index (χ2n) is 7.43. The molecular weight excluding hydrogens is 449 g/mol. The van der Waals surface area contributed by atoms with Crippen molar-refractivity contribution in [2.24, 2.45) is 0 Å². The second kappa shape index (κ2) is 10.2. The molecule has 6 N–H and O–H groups in total. The van der Waals surface area contributed by atoms with Crippen LogP contribution in [0, 0.1) is 0 Å². The van der Waals surface area contributed by atoms with Gasteiger partial charge < -0.3 is 24.7 Å². The van der Waals surface area contributed by atoms with Crippen LogP contribution in [-0.2, 0) is 18.6 Å². The van der Waals surface area contributed by atoms with E-state index in [1.807, 2.05) is 0 Å². The van der Waals surface area contributed by atoms with Crippen LogP contribution in [0.2, 0.25) is 0 Å². The van der Waals surface area contributed by atoms with Crippen LogP contribution in [0.5, 0.6) is 0 Å². The van der Waals surface area contributed by atoms with Crippen molar-refractivity contribution in [3.63, 3.8) is 0 Å². The highest BCUT2D eigenvalue weighted by molar-refractivity contribution is 7.46. The molecule has 1 aliphatic rings. The smallest absolute Gasteiger partial charge is 0.387 e. The van der Waals surface area contributed by atoms with Gasteiger partial charge in [-0.2, -0.15) is 4.98 Å². The van der Waals surface area contributed by atoms with Gasteiger partial charge in [-0.25, -0.2) is 9.55 Å². The van der Waals surface area contributed by atoms with Crippen LogP contribution >= 0.6 is 7.82 Å². The van der Waals surface area contributed by atoms with Gasteiger partial charge in [-0.05, 0) is 6.42 Å². The lowest BCUT2D eigenvalue weighted by molar-refractivity contribution is -0.116. The van der Waals surface area contributed by atoms with Crippen LogP contribution in [0.15, 0.2) is 11.1 Å². The van der Waals surface area contributed by atoms with Gasteiger partial charge in [0, 0.05) is 6.42 Å². The number of fused-ring (bicyclic) bond motifs is 1. The predicted molar refractivity (Wildman–Crippen MR) is 109 cm³/mol. The Morgan fingerprint density at radius 2 is 2.06 bits per heavy atom. The van der Waals surface area contributed by atoms with E-state index < -0.39 is 44.5 Å². The number of nitrogens with one attached hydrogen (secondary N) is 2. The van der Waals surface area contributed by atoms with Crippen molar-refractivity contribution in [3.05, 3.63) is 16.7 Å². The molecule has 178 valence electrons. The average molecular weight is 475 g/mol. The van der Waals surface area contributed by atoms with Gasteiger partial charge in [0.1, 0.15) is 18.3 Å². The summed E-state index contributed by atoms with van der Waals surface area (Å²) in [6.45, 7) is 1.38. The molecule has 1 fully saturated rings. The van der Waals surface area contributed by atoms with Gasteiger partial charge in [0.15, 0.2) is 17.4 Å². The topological polar surface area (TPSA) is 209 Å². The van der Waals surface area contributed by atoms with Gasteiger partial charge in [-0.3, -0.25) is 29.0 Å². The van der Waals surface area contributed by atoms with Crippen molar-refractivity contribution >= 4 is 30.8 Å². The van der Waals surface area contributed by atoms with Gasteiger partial charge in [-0.15, -0.1) is 0 Å². The summed E-state index contributed by atoms with van der Waals surface area (Å²) in [6.07, 6.45) is -0.514. The van der Waals surface area contributed by atoms with Crippen molar-refractivity contribution < 1.29 is 38.6 Å². The molecule has 2 aromatic rings. The molecule has 4 atom stereocenters. The van der Waals surface area contributed by atoms with E-state index in [9.17, 15) is 24.4 Å². The lowest BCUT2D eigenvalue weighted by atomic mass is 10.1. The number of phosphoric ester groups is 1. The average Bonchev–Trinajstić information content (AvgIpc) is 3.25. The number of phosphoric acid groups is 1. The summed E-state index contributed by atoms with van der Waals surface area (Å²) in [7, 11) is -4.81. The summed E-state index contributed by atoms with van der Waals surface area (Å²) in [5.41, 5.74) is -0.751. The highest BCUT2D eigenvalue weighted by atomic mass is 31.2. The van der Waals surface area contributed by atoms with Crippen LogP contribution in [0.3, 0.4) is 0 Å². The molecule has 0 bridgehead atoms. The Kier molecular flexibility index (Phi) is 7.77. The van der Waals surface area contributed by atoms with Gasteiger partial charge in [0.05, 0.1) is 12.9 Å². The van der Waals surface area contributed by atoms with Crippen molar-refractivity contribution in [3.8, 4) is 0 Å². The Morgan fingerprint density at radius 3 is 2.75 bits per heavy atom. The van der Waals surface area contributed by atoms with E-state index in [0.717, 1.165) is 25.6 Å². The maximum absolute atomic E-state index is 12.3. The standard InChI is InChI=1S/C17H26N5O9P/c1-2-3-4-5-6-10(23)19-17-20-14-11(15(26)21-17)18-8-22(14)16-13(25)12(24)9(31-16)7-30-32(27,28)29/h8-9,12-13,16,24-25H,2-7H2,1H3,(H2,27,28,29)(H2,19,20,21,23,26)/t9-,12-,13-,16-/m1/s1. The summed E-state index contributed by atoms with van der Waals surface area (Å²) in [6, 6.07) is 0. The number of aliphatic hydroxyl groups is 2. The normalized spacial score (nSPS) is 23.7. The van der Waals surface area contributed by atoms with Gasteiger partial charge in [0.2, 0.25) is 11.9 Å². The first-order valence-corrected chi connectivity index (χ1v) is 11.6. The molecular formula is C17H26N5O9P. The summed E-state index contributed by atoms with van der Waals surface area (Å²) in [5, 5.41) is 23.0. The van der Waals surface area contributed by atoms with Crippen molar-refractivity contribution in [1.82, 2.24) is 19.5 Å². The second-order valence-corrected chi connectivity index (χ2v) is 8.67. The number of unbranched alkanes of at least 4 members (excludes halogenated alkanes) is 3. The van der Waals surface area contributed by atoms with Crippen molar-refractivity contribution in [2.45, 2.75) is 63.6 Å². The number of aromatic nitrogens is 4.